The lowest BCUT2D eigenvalue weighted by Crippen LogP contribution is -1.89. The molecule has 428 valence electrons. The highest BCUT2D eigenvalue weighted by Crippen LogP contribution is 2.43. The minimum absolute atomic E-state index is 0.277. The fraction of sp³-hybridized carbons (Fsp3) is 0. The molecule has 6 nitrogen and oxygen atoms in total. The first-order valence-electron chi connectivity index (χ1n) is 29.0. The van der Waals surface area contributed by atoms with Gasteiger partial charge >= 0.3 is 0 Å². The number of hydrogen-bond acceptors (Lipinski definition) is 9. The quantitative estimate of drug-likeness (QED) is 0.141. The molecule has 0 aliphatic rings. The highest BCUT2D eigenvalue weighted by molar-refractivity contribution is 7.26. The predicted molar refractivity (Wildman–Crippen MR) is 383 cm³/mol. The molecule has 0 saturated carbocycles. The Morgan fingerprint density at radius 1 is 0.200 bits per heavy atom. The van der Waals surface area contributed by atoms with Gasteiger partial charge in [0.05, 0.1) is 17.1 Å². The third-order valence-corrected chi connectivity index (χ3v) is 19.5. The largest absolute Gasteiger partial charge is 0.224 e. The second kappa shape index (κ2) is 25.0. The first-order chi connectivity index (χ1) is 44.3. The Kier molecular flexibility index (Phi) is 15.7. The van der Waals surface area contributed by atoms with Gasteiger partial charge in [-0.1, -0.05) is 255 Å². The summed E-state index contributed by atoms with van der Waals surface area (Å²) in [4.78, 5) is 30.0. The molecule has 0 N–H and O–H groups in total. The first-order valence-corrected chi connectivity index (χ1v) is 32.6. The number of aromatic nitrogens is 6. The van der Waals surface area contributed by atoms with Gasteiger partial charge in [-0.2, -0.15) is 0 Å². The number of thiophene rings is 3. The average molecular weight is 1270 g/mol. The van der Waals surface area contributed by atoms with Gasteiger partial charge < -0.3 is 0 Å². The molecule has 0 saturated heterocycles. The van der Waals surface area contributed by atoms with Crippen molar-refractivity contribution in [3.8, 4) is 89.4 Å². The predicted octanol–water partition coefficient (Wildman–Crippen LogP) is 23.8. The third-order valence-electron chi connectivity index (χ3n) is 15.8. The van der Waals surface area contributed by atoms with E-state index in [1.165, 1.54) is 74.8 Å². The fourth-order valence-corrected chi connectivity index (χ4v) is 15.4. The maximum atomic E-state index is 6.29. The number of nitrogens with zero attached hydrogens (tertiary/aromatic N) is 6. The summed E-state index contributed by atoms with van der Waals surface area (Å²) in [5.41, 5.74) is 17.7. The third kappa shape index (κ3) is 11.5. The van der Waals surface area contributed by atoms with Crippen LogP contribution in [0.25, 0.3) is 150 Å². The van der Waals surface area contributed by atoms with E-state index in [4.69, 9.17) is 34.8 Å². The summed E-state index contributed by atoms with van der Waals surface area (Å²) in [5.74, 6) is 0. The molecule has 0 radical (unpaired) electrons. The Morgan fingerprint density at radius 3 is 0.778 bits per heavy atom. The van der Waals surface area contributed by atoms with E-state index < -0.39 is 0 Å². The summed E-state index contributed by atoms with van der Waals surface area (Å²) in [6.45, 7) is 0. The van der Waals surface area contributed by atoms with E-state index in [1.807, 2.05) is 54.6 Å². The number of benzene rings is 11. The van der Waals surface area contributed by atoms with Crippen LogP contribution in [-0.4, -0.2) is 29.9 Å². The Labute approximate surface area is 545 Å². The van der Waals surface area contributed by atoms with E-state index in [1.54, 1.807) is 34.0 Å². The monoisotopic (exact) mass is 1270 g/mol. The number of halogens is 3. The maximum Gasteiger partial charge on any atom is 0.224 e. The molecule has 6 heterocycles. The standard InChI is InChI=1S/2C28H17ClN2S.C22H13ClN2S/c29-28-30-26(25-23-11-4-5-12-24(23)32-27(25)31-28)20-15-13-19(14-16-20)22-10-6-9-21(17-22)18-7-2-1-3-8-18;29-28-30-26(25-23-8-4-5-9-24(23)32-27(25)31-28)22-16-14-21(15-17-22)20-12-10-19(11-13-20)18-6-2-1-3-7-18;23-22-24-20(19-17-11-4-5-12-18(17)26-21(19)25-22)16-10-6-9-15(13-16)14-7-2-1-3-8-14/h2*1-17H;1-13H. The van der Waals surface area contributed by atoms with Crippen molar-refractivity contribution in [2.24, 2.45) is 0 Å². The molecule has 0 fully saturated rings. The van der Waals surface area contributed by atoms with Crippen molar-refractivity contribution in [3.63, 3.8) is 0 Å². The molecule has 0 aliphatic heterocycles. The van der Waals surface area contributed by atoms with Gasteiger partial charge in [0.2, 0.25) is 15.9 Å². The summed E-state index contributed by atoms with van der Waals surface area (Å²) in [6, 6.07) is 99.0. The van der Waals surface area contributed by atoms with Crippen molar-refractivity contribution in [1.29, 1.82) is 0 Å². The minimum Gasteiger partial charge on any atom is -0.217 e. The zero-order valence-electron chi connectivity index (χ0n) is 47.7. The zero-order chi connectivity index (χ0) is 60.5. The van der Waals surface area contributed by atoms with Crippen molar-refractivity contribution in [2.45, 2.75) is 0 Å². The van der Waals surface area contributed by atoms with Gasteiger partial charge in [0, 0.05) is 63.1 Å². The molecule has 17 aromatic rings. The van der Waals surface area contributed by atoms with Crippen LogP contribution < -0.4 is 0 Å². The highest BCUT2D eigenvalue weighted by atomic mass is 35.5. The molecule has 0 bridgehead atoms. The Hall–Kier alpha value is -9.81. The van der Waals surface area contributed by atoms with Crippen LogP contribution in [0.2, 0.25) is 15.9 Å². The first kappa shape index (κ1) is 56.7. The van der Waals surface area contributed by atoms with Crippen LogP contribution in [0.5, 0.6) is 0 Å². The van der Waals surface area contributed by atoms with Gasteiger partial charge in [0.15, 0.2) is 0 Å². The van der Waals surface area contributed by atoms with E-state index in [-0.39, 0.29) is 15.9 Å². The van der Waals surface area contributed by atoms with Crippen LogP contribution >= 0.6 is 68.8 Å². The van der Waals surface area contributed by atoms with Gasteiger partial charge in [-0.25, -0.2) is 29.9 Å². The van der Waals surface area contributed by atoms with E-state index in [2.05, 4.69) is 260 Å². The molecule has 0 unspecified atom stereocenters. The Balaban J connectivity index is 0.000000113. The zero-order valence-corrected chi connectivity index (χ0v) is 52.4. The topological polar surface area (TPSA) is 77.3 Å². The second-order valence-electron chi connectivity index (χ2n) is 21.4. The van der Waals surface area contributed by atoms with E-state index >= 15 is 0 Å². The van der Waals surface area contributed by atoms with Crippen LogP contribution in [0.15, 0.2) is 285 Å². The Bertz CT molecular complexity index is 5450. The smallest absolute Gasteiger partial charge is 0.217 e. The average Bonchev–Trinajstić information content (AvgIpc) is 1.85. The molecule has 0 amide bonds. The molecule has 90 heavy (non-hydrogen) atoms. The number of rotatable bonds is 8. The Morgan fingerprint density at radius 2 is 0.433 bits per heavy atom. The molecule has 11 aromatic carbocycles. The van der Waals surface area contributed by atoms with E-state index in [0.29, 0.717) is 0 Å². The molecular formula is C78H47Cl3N6S3. The minimum atomic E-state index is 0.277. The van der Waals surface area contributed by atoms with Crippen LogP contribution in [0.3, 0.4) is 0 Å². The number of fused-ring (bicyclic) bond motifs is 9. The van der Waals surface area contributed by atoms with Crippen LogP contribution in [0.1, 0.15) is 0 Å². The molecule has 0 aliphatic carbocycles. The summed E-state index contributed by atoms with van der Waals surface area (Å²) in [6.07, 6.45) is 0. The van der Waals surface area contributed by atoms with Crippen LogP contribution in [0, 0.1) is 0 Å². The molecular weight excluding hydrogens is 1220 g/mol. The van der Waals surface area contributed by atoms with E-state index in [0.717, 1.165) is 75.5 Å². The van der Waals surface area contributed by atoms with Crippen molar-refractivity contribution in [2.75, 3.05) is 0 Å². The van der Waals surface area contributed by atoms with Crippen molar-refractivity contribution >= 4 is 130 Å². The molecule has 17 rings (SSSR count). The molecule has 0 atom stereocenters. The number of hydrogen-bond donors (Lipinski definition) is 0. The fourth-order valence-electron chi connectivity index (χ4n) is 11.5. The SMILES string of the molecule is Clc1nc(-c2ccc(-c3ccc(-c4ccccc4)cc3)cc2)c2c(n1)sc1ccccc12.Clc1nc(-c2ccc(-c3cccc(-c4ccccc4)c3)cc2)c2c(n1)sc1ccccc12.Clc1nc(-c2cccc(-c3ccccc3)c2)c2c(n1)sc1ccccc12. The molecule has 12 heteroatoms. The van der Waals surface area contributed by atoms with Crippen molar-refractivity contribution in [3.05, 3.63) is 301 Å². The van der Waals surface area contributed by atoms with Gasteiger partial charge in [0.25, 0.3) is 0 Å². The summed E-state index contributed by atoms with van der Waals surface area (Å²) < 4.78 is 3.57. The van der Waals surface area contributed by atoms with Crippen molar-refractivity contribution in [1.82, 2.24) is 29.9 Å². The van der Waals surface area contributed by atoms with Gasteiger partial charge in [-0.3, -0.25) is 0 Å². The van der Waals surface area contributed by atoms with Crippen molar-refractivity contribution < 1.29 is 0 Å². The molecule has 0 spiro atoms. The van der Waals surface area contributed by atoms with Crippen LogP contribution in [0.4, 0.5) is 0 Å². The lowest BCUT2D eigenvalue weighted by Gasteiger charge is -2.08. The maximum absolute atomic E-state index is 6.29. The van der Waals surface area contributed by atoms with E-state index in [9.17, 15) is 0 Å². The van der Waals surface area contributed by atoms with Gasteiger partial charge in [-0.15, -0.1) is 34.0 Å². The highest BCUT2D eigenvalue weighted by Gasteiger charge is 2.19. The van der Waals surface area contributed by atoms with Crippen LogP contribution in [-0.2, 0) is 0 Å². The van der Waals surface area contributed by atoms with Gasteiger partial charge in [0.1, 0.15) is 14.5 Å². The van der Waals surface area contributed by atoms with Gasteiger partial charge in [-0.05, 0) is 121 Å². The summed E-state index contributed by atoms with van der Waals surface area (Å²) in [5, 5.41) is 7.54. The molecule has 6 aromatic heterocycles. The summed E-state index contributed by atoms with van der Waals surface area (Å²) in [7, 11) is 0. The lowest BCUT2D eigenvalue weighted by atomic mass is 9.97. The normalized spacial score (nSPS) is 11.3. The summed E-state index contributed by atoms with van der Waals surface area (Å²) >= 11 is 23.8. The second-order valence-corrected chi connectivity index (χ2v) is 25.5. The lowest BCUT2D eigenvalue weighted by molar-refractivity contribution is 1.24.